The molecule has 4 rings (SSSR count). The SMILES string of the molecule is COc1cccc(N2CCOC2c2ccn(-c3cccc(C)c3)c2)c1. The molecule has 2 heterocycles. The van der Waals surface area contributed by atoms with Gasteiger partial charge in [-0.25, -0.2) is 0 Å². The number of ether oxygens (including phenoxy) is 2. The summed E-state index contributed by atoms with van der Waals surface area (Å²) in [4.78, 5) is 2.28. The maximum Gasteiger partial charge on any atom is 0.158 e. The summed E-state index contributed by atoms with van der Waals surface area (Å²) < 4.78 is 13.5. The smallest absolute Gasteiger partial charge is 0.158 e. The average molecular weight is 334 g/mol. The summed E-state index contributed by atoms with van der Waals surface area (Å²) in [5, 5.41) is 0. The molecule has 0 aliphatic carbocycles. The first-order valence-electron chi connectivity index (χ1n) is 8.52. The fourth-order valence-electron chi connectivity index (χ4n) is 3.31. The molecule has 0 spiro atoms. The highest BCUT2D eigenvalue weighted by molar-refractivity contribution is 5.53. The van der Waals surface area contributed by atoms with Crippen LogP contribution in [-0.2, 0) is 4.74 Å². The molecule has 0 amide bonds. The molecule has 1 saturated heterocycles. The number of hydrogen-bond donors (Lipinski definition) is 0. The first-order chi connectivity index (χ1) is 12.2. The van der Waals surface area contributed by atoms with Crippen molar-refractivity contribution in [2.75, 3.05) is 25.2 Å². The molecule has 0 radical (unpaired) electrons. The van der Waals surface area contributed by atoms with E-state index in [4.69, 9.17) is 9.47 Å². The molecule has 0 bridgehead atoms. The number of rotatable bonds is 4. The Bertz CT molecular complexity index is 872. The van der Waals surface area contributed by atoms with E-state index in [2.05, 4.69) is 71.2 Å². The molecule has 0 N–H and O–H groups in total. The molecule has 3 aromatic rings. The second-order valence-corrected chi connectivity index (χ2v) is 6.31. The molecular formula is C21H22N2O2. The zero-order chi connectivity index (χ0) is 17.2. The van der Waals surface area contributed by atoms with Gasteiger partial charge in [-0.1, -0.05) is 18.2 Å². The second kappa shape index (κ2) is 6.65. The van der Waals surface area contributed by atoms with Crippen molar-refractivity contribution in [3.8, 4) is 11.4 Å². The molecule has 0 saturated carbocycles. The van der Waals surface area contributed by atoms with Crippen LogP contribution < -0.4 is 9.64 Å². The van der Waals surface area contributed by atoms with Crippen LogP contribution in [0.1, 0.15) is 17.4 Å². The Labute approximate surface area is 148 Å². The minimum atomic E-state index is -0.0711. The van der Waals surface area contributed by atoms with Crippen LogP contribution in [0.25, 0.3) is 5.69 Å². The van der Waals surface area contributed by atoms with E-state index in [1.165, 1.54) is 5.56 Å². The monoisotopic (exact) mass is 334 g/mol. The van der Waals surface area contributed by atoms with Gasteiger partial charge in [0.15, 0.2) is 6.23 Å². The van der Waals surface area contributed by atoms with Crippen molar-refractivity contribution in [1.29, 1.82) is 0 Å². The molecule has 2 aromatic carbocycles. The Morgan fingerprint density at radius 3 is 2.72 bits per heavy atom. The van der Waals surface area contributed by atoms with Crippen LogP contribution in [0.15, 0.2) is 67.0 Å². The summed E-state index contributed by atoms with van der Waals surface area (Å²) in [6.45, 7) is 3.70. The fourth-order valence-corrected chi connectivity index (χ4v) is 3.31. The van der Waals surface area contributed by atoms with Gasteiger partial charge in [0, 0.05) is 41.9 Å². The third-order valence-electron chi connectivity index (χ3n) is 4.58. The van der Waals surface area contributed by atoms with Gasteiger partial charge in [0.25, 0.3) is 0 Å². The van der Waals surface area contributed by atoms with E-state index in [1.807, 2.05) is 12.1 Å². The summed E-state index contributed by atoms with van der Waals surface area (Å²) in [7, 11) is 1.69. The van der Waals surface area contributed by atoms with Crippen LogP contribution in [0.3, 0.4) is 0 Å². The first-order valence-corrected chi connectivity index (χ1v) is 8.52. The Balaban J connectivity index is 1.62. The van der Waals surface area contributed by atoms with E-state index in [1.54, 1.807) is 7.11 Å². The number of benzene rings is 2. The Hall–Kier alpha value is -2.72. The first kappa shape index (κ1) is 15.8. The van der Waals surface area contributed by atoms with Gasteiger partial charge < -0.3 is 18.9 Å². The van der Waals surface area contributed by atoms with Crippen LogP contribution in [0.5, 0.6) is 5.75 Å². The summed E-state index contributed by atoms with van der Waals surface area (Å²) >= 11 is 0. The third kappa shape index (κ3) is 3.13. The van der Waals surface area contributed by atoms with Crippen LogP contribution >= 0.6 is 0 Å². The maximum absolute atomic E-state index is 6.02. The molecule has 4 nitrogen and oxygen atoms in total. The highest BCUT2D eigenvalue weighted by Crippen LogP contribution is 2.34. The molecule has 1 aliphatic heterocycles. The van der Waals surface area contributed by atoms with Gasteiger partial charge in [0.2, 0.25) is 0 Å². The second-order valence-electron chi connectivity index (χ2n) is 6.31. The number of methoxy groups -OCH3 is 1. The Morgan fingerprint density at radius 1 is 1.04 bits per heavy atom. The Kier molecular flexibility index (Phi) is 4.20. The standard InChI is InChI=1S/C21H22N2O2/c1-16-5-3-6-18(13-16)22-10-9-17(15-22)21-23(11-12-25-21)19-7-4-8-20(14-19)24-2/h3-10,13-15,21H,11-12H2,1-2H3. The van der Waals surface area contributed by atoms with E-state index in [0.29, 0.717) is 0 Å². The van der Waals surface area contributed by atoms with E-state index < -0.39 is 0 Å². The summed E-state index contributed by atoms with van der Waals surface area (Å²) in [6.07, 6.45) is 4.17. The van der Waals surface area contributed by atoms with Gasteiger partial charge in [0.1, 0.15) is 5.75 Å². The quantitative estimate of drug-likeness (QED) is 0.710. The van der Waals surface area contributed by atoms with E-state index in [-0.39, 0.29) is 6.23 Å². The van der Waals surface area contributed by atoms with Crippen molar-refractivity contribution in [2.24, 2.45) is 0 Å². The van der Waals surface area contributed by atoms with Crippen molar-refractivity contribution in [2.45, 2.75) is 13.2 Å². The van der Waals surface area contributed by atoms with Crippen molar-refractivity contribution in [3.05, 3.63) is 78.1 Å². The lowest BCUT2D eigenvalue weighted by Crippen LogP contribution is -2.22. The number of aryl methyl sites for hydroxylation is 1. The van der Waals surface area contributed by atoms with E-state index in [0.717, 1.165) is 35.8 Å². The molecule has 25 heavy (non-hydrogen) atoms. The molecule has 1 aromatic heterocycles. The number of anilines is 1. The van der Waals surface area contributed by atoms with Crippen molar-refractivity contribution < 1.29 is 9.47 Å². The topological polar surface area (TPSA) is 26.6 Å². The average Bonchev–Trinajstić information content (AvgIpc) is 3.31. The molecule has 1 aliphatic rings. The number of nitrogens with zero attached hydrogens (tertiary/aromatic N) is 2. The third-order valence-corrected chi connectivity index (χ3v) is 4.58. The van der Waals surface area contributed by atoms with Gasteiger partial charge in [-0.3, -0.25) is 0 Å². The van der Waals surface area contributed by atoms with Gasteiger partial charge in [0.05, 0.1) is 13.7 Å². The van der Waals surface area contributed by atoms with Crippen LogP contribution in [0.2, 0.25) is 0 Å². The van der Waals surface area contributed by atoms with Crippen molar-refractivity contribution >= 4 is 5.69 Å². The van der Waals surface area contributed by atoms with Gasteiger partial charge in [-0.05, 0) is 42.8 Å². The lowest BCUT2D eigenvalue weighted by Gasteiger charge is -2.25. The maximum atomic E-state index is 6.02. The van der Waals surface area contributed by atoms with Crippen LogP contribution in [0.4, 0.5) is 5.69 Å². The molecule has 1 atom stereocenters. The molecule has 128 valence electrons. The summed E-state index contributed by atoms with van der Waals surface area (Å²) in [6, 6.07) is 18.8. The molecule has 1 unspecified atom stereocenters. The predicted molar refractivity (Wildman–Crippen MR) is 99.5 cm³/mol. The minimum Gasteiger partial charge on any atom is -0.497 e. The largest absolute Gasteiger partial charge is 0.497 e. The zero-order valence-electron chi connectivity index (χ0n) is 14.6. The molecular weight excluding hydrogens is 312 g/mol. The van der Waals surface area contributed by atoms with Gasteiger partial charge in [-0.2, -0.15) is 0 Å². The van der Waals surface area contributed by atoms with Crippen LogP contribution in [-0.4, -0.2) is 24.8 Å². The molecule has 4 heteroatoms. The zero-order valence-corrected chi connectivity index (χ0v) is 14.6. The van der Waals surface area contributed by atoms with Gasteiger partial charge >= 0.3 is 0 Å². The highest BCUT2D eigenvalue weighted by Gasteiger charge is 2.28. The Morgan fingerprint density at radius 2 is 1.88 bits per heavy atom. The summed E-state index contributed by atoms with van der Waals surface area (Å²) in [5.41, 5.74) is 4.69. The van der Waals surface area contributed by atoms with E-state index >= 15 is 0 Å². The fraction of sp³-hybridized carbons (Fsp3) is 0.238. The molecule has 1 fully saturated rings. The highest BCUT2D eigenvalue weighted by atomic mass is 16.5. The minimum absolute atomic E-state index is 0.0711. The lowest BCUT2D eigenvalue weighted by atomic mass is 10.2. The van der Waals surface area contributed by atoms with Crippen molar-refractivity contribution in [1.82, 2.24) is 4.57 Å². The normalized spacial score (nSPS) is 17.0. The van der Waals surface area contributed by atoms with Crippen LogP contribution in [0, 0.1) is 6.92 Å². The van der Waals surface area contributed by atoms with E-state index in [9.17, 15) is 0 Å². The number of aromatic nitrogens is 1. The van der Waals surface area contributed by atoms with Gasteiger partial charge in [-0.15, -0.1) is 0 Å². The number of hydrogen-bond acceptors (Lipinski definition) is 3. The lowest BCUT2D eigenvalue weighted by molar-refractivity contribution is 0.114. The predicted octanol–water partition coefficient (Wildman–Crippen LogP) is 4.33. The van der Waals surface area contributed by atoms with Crippen molar-refractivity contribution in [3.63, 3.8) is 0 Å². The summed E-state index contributed by atoms with van der Waals surface area (Å²) in [5.74, 6) is 0.862.